The van der Waals surface area contributed by atoms with Gasteiger partial charge in [0.25, 0.3) is 7.41 Å². The van der Waals surface area contributed by atoms with Gasteiger partial charge in [-0.15, -0.1) is 0 Å². The van der Waals surface area contributed by atoms with Crippen LogP contribution in [0.5, 0.6) is 0 Å². The second-order valence-corrected chi connectivity index (χ2v) is 11.2. The summed E-state index contributed by atoms with van der Waals surface area (Å²) >= 11 is 0. The average Bonchev–Trinajstić information content (AvgIpc) is 1.48. The molecule has 0 amide bonds. The second kappa shape index (κ2) is 3.62. The first kappa shape index (κ1) is 11.7. The van der Waals surface area contributed by atoms with Crippen LogP contribution in [-0.4, -0.2) is 51.1 Å². The maximum atomic E-state index is 10.6. The number of hydrogen-bond acceptors (Lipinski definition) is 1. The SMILES string of the molecule is C[N+](C)([BH2-]C(=O)O)C[Si](C)(C)C. The van der Waals surface area contributed by atoms with Crippen molar-refractivity contribution in [2.75, 3.05) is 20.3 Å². The van der Waals surface area contributed by atoms with Gasteiger partial charge in [-0.05, 0) is 0 Å². The van der Waals surface area contributed by atoms with E-state index in [2.05, 4.69) is 19.6 Å². The number of rotatable bonds is 4. The van der Waals surface area contributed by atoms with Crippen LogP contribution in [0.3, 0.4) is 0 Å². The number of carbonyl (C=O) groups is 1. The van der Waals surface area contributed by atoms with Crippen LogP contribution in [-0.2, 0) is 0 Å². The van der Waals surface area contributed by atoms with Crippen molar-refractivity contribution in [2.24, 2.45) is 0 Å². The third-order valence-electron chi connectivity index (χ3n) is 1.75. The Morgan fingerprint density at radius 1 is 1.42 bits per heavy atom. The van der Waals surface area contributed by atoms with Gasteiger partial charge in [0.1, 0.15) is 8.07 Å². The largest absolute Gasteiger partial charge is 0.520 e. The lowest BCUT2D eigenvalue weighted by atomic mass is 9.90. The number of hydrogen-bond donors (Lipinski definition) is 1. The van der Waals surface area contributed by atoms with Crippen molar-refractivity contribution in [3.63, 3.8) is 0 Å². The summed E-state index contributed by atoms with van der Waals surface area (Å²) in [5.41, 5.74) is 0. The summed E-state index contributed by atoms with van der Waals surface area (Å²) in [6.07, 6.45) is 1.07. The zero-order chi connectivity index (χ0) is 9.99. The summed E-state index contributed by atoms with van der Waals surface area (Å²) in [5.74, 6) is -0.585. The van der Waals surface area contributed by atoms with Gasteiger partial charge in [0.05, 0.1) is 0 Å². The maximum absolute atomic E-state index is 10.6. The summed E-state index contributed by atoms with van der Waals surface area (Å²) in [5, 5.41) is 8.70. The van der Waals surface area contributed by atoms with E-state index in [1.807, 2.05) is 14.1 Å². The van der Waals surface area contributed by atoms with E-state index in [-0.39, 0.29) is 0 Å². The molecule has 0 unspecified atom stereocenters. The van der Waals surface area contributed by atoms with Crippen LogP contribution in [0.1, 0.15) is 0 Å². The molecule has 1 N–H and O–H groups in total. The molecular weight excluding hydrogens is 169 g/mol. The Morgan fingerprint density at radius 3 is 2.08 bits per heavy atom. The monoisotopic (exact) mass is 189 g/mol. The van der Waals surface area contributed by atoms with Gasteiger partial charge in [-0.3, -0.25) is 4.79 Å². The van der Waals surface area contributed by atoms with Crippen LogP contribution in [0.2, 0.25) is 19.6 Å². The maximum Gasteiger partial charge on any atom is 0.291 e. The minimum atomic E-state index is -1.12. The van der Waals surface area contributed by atoms with Crippen molar-refractivity contribution in [1.82, 2.24) is 0 Å². The molecule has 0 aromatic heterocycles. The highest BCUT2D eigenvalue weighted by Gasteiger charge is 2.23. The third-order valence-corrected chi connectivity index (χ3v) is 3.64. The zero-order valence-corrected chi connectivity index (χ0v) is 10.0. The van der Waals surface area contributed by atoms with E-state index in [1.54, 1.807) is 0 Å². The van der Waals surface area contributed by atoms with Crippen LogP contribution in [0.4, 0.5) is 4.79 Å². The highest BCUT2D eigenvalue weighted by molar-refractivity contribution is 6.76. The Bertz CT molecular complexity index is 177. The highest BCUT2D eigenvalue weighted by atomic mass is 28.3. The molecule has 0 fully saturated rings. The van der Waals surface area contributed by atoms with Gasteiger partial charge in [-0.25, -0.2) is 0 Å². The van der Waals surface area contributed by atoms with Crippen molar-refractivity contribution in [1.29, 1.82) is 0 Å². The smallest absolute Gasteiger partial charge is 0.291 e. The summed E-state index contributed by atoms with van der Waals surface area (Å²) in [4.78, 5) is 10.6. The molecule has 72 valence electrons. The molecule has 0 saturated heterocycles. The van der Waals surface area contributed by atoms with E-state index >= 15 is 0 Å². The molecule has 0 atom stereocenters. The minimum absolute atomic E-state index is 0.585. The first-order valence-corrected chi connectivity index (χ1v) is 8.15. The van der Waals surface area contributed by atoms with Crippen molar-refractivity contribution >= 4 is 21.4 Å². The second-order valence-electron chi connectivity index (χ2n) is 5.75. The fourth-order valence-electron chi connectivity index (χ4n) is 2.02. The third kappa shape index (κ3) is 6.42. The first-order valence-electron chi connectivity index (χ1n) is 4.44. The summed E-state index contributed by atoms with van der Waals surface area (Å²) in [6.45, 7) is 6.84. The Kier molecular flexibility index (Phi) is 3.53. The van der Waals surface area contributed by atoms with E-state index in [0.717, 1.165) is 10.6 Å². The normalized spacial score (nSPS) is 13.1. The van der Waals surface area contributed by atoms with Crippen molar-refractivity contribution in [2.45, 2.75) is 19.6 Å². The van der Waals surface area contributed by atoms with Crippen molar-refractivity contribution in [3.05, 3.63) is 0 Å². The van der Waals surface area contributed by atoms with E-state index in [0.29, 0.717) is 0 Å². The topological polar surface area (TPSA) is 37.3 Å². The molecule has 0 saturated carbocycles. The van der Waals surface area contributed by atoms with E-state index < -0.39 is 21.4 Å². The zero-order valence-electron chi connectivity index (χ0n) is 9.01. The summed E-state index contributed by atoms with van der Waals surface area (Å²) in [7, 11) is 2.06. The van der Waals surface area contributed by atoms with E-state index in [9.17, 15) is 4.79 Å². The molecule has 0 aromatic rings. The molecule has 0 aliphatic carbocycles. The molecular formula is C7H20BNO2Si. The van der Waals surface area contributed by atoms with Crippen LogP contribution in [0.25, 0.3) is 0 Å². The summed E-state index contributed by atoms with van der Waals surface area (Å²) in [6, 6.07) is 0. The van der Waals surface area contributed by atoms with Gasteiger partial charge in [0, 0.05) is 20.3 Å². The van der Waals surface area contributed by atoms with Crippen LogP contribution in [0, 0.1) is 0 Å². The van der Waals surface area contributed by atoms with Gasteiger partial charge in [0.2, 0.25) is 0 Å². The lowest BCUT2D eigenvalue weighted by molar-refractivity contribution is -0.765. The molecule has 0 bridgehead atoms. The van der Waals surface area contributed by atoms with Gasteiger partial charge >= 0.3 is 0 Å². The number of nitrogens with zero attached hydrogens (tertiary/aromatic N) is 1. The lowest BCUT2D eigenvalue weighted by Crippen LogP contribution is -2.54. The standard InChI is InChI=1S/C7H20BNO2Si/c1-9(2,8-7(10)11)6-12(3,4)5/h6,8H2,1-5H3,(H,10,11). The molecule has 0 radical (unpaired) electrons. The number of carboxylic acid groups (broad SMARTS) is 1. The van der Waals surface area contributed by atoms with Gasteiger partial charge < -0.3 is 9.50 Å². The van der Waals surface area contributed by atoms with E-state index in [4.69, 9.17) is 5.11 Å². The first-order chi connectivity index (χ1) is 5.12. The quantitative estimate of drug-likeness (QED) is 0.661. The fraction of sp³-hybridized carbons (Fsp3) is 0.857. The molecule has 3 nitrogen and oxygen atoms in total. The molecule has 0 aliphatic heterocycles. The fourth-order valence-corrected chi connectivity index (χ4v) is 5.02. The van der Waals surface area contributed by atoms with Crippen molar-refractivity contribution in [3.8, 4) is 0 Å². The van der Waals surface area contributed by atoms with E-state index in [1.165, 1.54) is 0 Å². The number of quaternary nitrogens is 1. The minimum Gasteiger partial charge on any atom is -0.520 e. The van der Waals surface area contributed by atoms with Gasteiger partial charge in [-0.1, -0.05) is 19.6 Å². The van der Waals surface area contributed by atoms with Gasteiger partial charge in [-0.2, -0.15) is 0 Å². The van der Waals surface area contributed by atoms with Crippen LogP contribution >= 0.6 is 0 Å². The molecule has 0 aliphatic rings. The molecule has 0 aromatic carbocycles. The Hall–Kier alpha value is -0.288. The average molecular weight is 189 g/mol. The lowest BCUT2D eigenvalue weighted by Gasteiger charge is -2.41. The summed E-state index contributed by atoms with van der Waals surface area (Å²) < 4.78 is 0.727. The van der Waals surface area contributed by atoms with Crippen LogP contribution < -0.4 is 0 Å². The Balaban J connectivity index is 4.13. The molecule has 12 heavy (non-hydrogen) atoms. The van der Waals surface area contributed by atoms with Crippen LogP contribution in [0.15, 0.2) is 0 Å². The highest BCUT2D eigenvalue weighted by Crippen LogP contribution is 2.07. The van der Waals surface area contributed by atoms with Crippen molar-refractivity contribution < 1.29 is 14.3 Å². The molecule has 5 heteroatoms. The Labute approximate surface area is 76.2 Å². The Morgan fingerprint density at radius 2 is 1.83 bits per heavy atom. The molecule has 0 rings (SSSR count). The predicted octanol–water partition coefficient (Wildman–Crippen LogP) is 0.702. The molecule has 0 heterocycles. The molecule has 0 spiro atoms. The predicted molar refractivity (Wildman–Crippen MR) is 56.9 cm³/mol. The van der Waals surface area contributed by atoms with Gasteiger partial charge in [0.15, 0.2) is 5.87 Å².